The van der Waals surface area contributed by atoms with Crippen LogP contribution in [-0.4, -0.2) is 19.5 Å². The number of halogens is 1. The summed E-state index contributed by atoms with van der Waals surface area (Å²) in [6, 6.07) is 0. The molecule has 0 unspecified atom stereocenters. The molecule has 0 aliphatic carbocycles. The second-order valence-electron chi connectivity index (χ2n) is 2.20. The SMILES string of the molecule is Cn1cnc2nc(Cl)ncc21. The molecule has 2 aromatic heterocycles. The number of hydrogen-bond acceptors (Lipinski definition) is 3. The number of aromatic nitrogens is 4. The van der Waals surface area contributed by atoms with Gasteiger partial charge in [0.15, 0.2) is 5.65 Å². The summed E-state index contributed by atoms with van der Waals surface area (Å²) in [4.78, 5) is 11.8. The van der Waals surface area contributed by atoms with Gasteiger partial charge in [0.1, 0.15) is 5.52 Å². The van der Waals surface area contributed by atoms with Crippen LogP contribution in [0.15, 0.2) is 12.5 Å². The summed E-state index contributed by atoms with van der Waals surface area (Å²) in [7, 11) is 1.88. The van der Waals surface area contributed by atoms with E-state index in [2.05, 4.69) is 15.0 Å². The van der Waals surface area contributed by atoms with Crippen molar-refractivity contribution in [1.82, 2.24) is 19.5 Å². The summed E-state index contributed by atoms with van der Waals surface area (Å²) in [5, 5.41) is 0.233. The van der Waals surface area contributed by atoms with Gasteiger partial charge in [-0.25, -0.2) is 9.97 Å². The molecular weight excluding hydrogens is 164 g/mol. The van der Waals surface area contributed by atoms with Gasteiger partial charge in [-0.15, -0.1) is 0 Å². The largest absolute Gasteiger partial charge is 0.331 e. The fraction of sp³-hybridized carbons (Fsp3) is 0.167. The molecule has 0 amide bonds. The lowest BCUT2D eigenvalue weighted by Crippen LogP contribution is -1.87. The molecule has 0 fully saturated rings. The number of aryl methyl sites for hydroxylation is 1. The Morgan fingerprint density at radius 3 is 3.09 bits per heavy atom. The molecule has 2 heterocycles. The van der Waals surface area contributed by atoms with Gasteiger partial charge in [-0.05, 0) is 11.6 Å². The van der Waals surface area contributed by atoms with Gasteiger partial charge in [0.2, 0.25) is 5.28 Å². The van der Waals surface area contributed by atoms with E-state index in [1.165, 1.54) is 0 Å². The van der Waals surface area contributed by atoms with Crippen molar-refractivity contribution in [3.8, 4) is 0 Å². The highest BCUT2D eigenvalue weighted by Crippen LogP contribution is 2.09. The molecule has 11 heavy (non-hydrogen) atoms. The van der Waals surface area contributed by atoms with E-state index < -0.39 is 0 Å². The minimum atomic E-state index is 0.233. The minimum absolute atomic E-state index is 0.233. The van der Waals surface area contributed by atoms with E-state index in [4.69, 9.17) is 11.6 Å². The summed E-state index contributed by atoms with van der Waals surface area (Å²) >= 11 is 5.56. The highest BCUT2D eigenvalue weighted by Gasteiger charge is 2.00. The molecule has 0 saturated carbocycles. The third-order valence-electron chi connectivity index (χ3n) is 1.45. The highest BCUT2D eigenvalue weighted by atomic mass is 35.5. The summed E-state index contributed by atoms with van der Waals surface area (Å²) < 4.78 is 1.84. The Bertz CT molecular complexity index is 394. The zero-order chi connectivity index (χ0) is 7.84. The van der Waals surface area contributed by atoms with Gasteiger partial charge in [-0.1, -0.05) is 0 Å². The van der Waals surface area contributed by atoms with Crippen LogP contribution in [-0.2, 0) is 7.05 Å². The van der Waals surface area contributed by atoms with Crippen molar-refractivity contribution in [2.24, 2.45) is 7.05 Å². The lowest BCUT2D eigenvalue weighted by atomic mass is 10.5. The lowest BCUT2D eigenvalue weighted by molar-refractivity contribution is 0.944. The molecule has 4 nitrogen and oxygen atoms in total. The van der Waals surface area contributed by atoms with Gasteiger partial charge in [-0.3, -0.25) is 0 Å². The lowest BCUT2D eigenvalue weighted by Gasteiger charge is -1.91. The first-order valence-corrected chi connectivity index (χ1v) is 3.45. The van der Waals surface area contributed by atoms with Crippen molar-refractivity contribution >= 4 is 22.8 Å². The van der Waals surface area contributed by atoms with Crippen molar-refractivity contribution in [2.45, 2.75) is 0 Å². The Balaban J connectivity index is 2.86. The van der Waals surface area contributed by atoms with Crippen molar-refractivity contribution in [3.05, 3.63) is 17.8 Å². The fourth-order valence-corrected chi connectivity index (χ4v) is 1.02. The average Bonchev–Trinajstić information content (AvgIpc) is 2.32. The third kappa shape index (κ3) is 0.952. The van der Waals surface area contributed by atoms with Crippen LogP contribution >= 0.6 is 11.6 Å². The van der Waals surface area contributed by atoms with Gasteiger partial charge >= 0.3 is 0 Å². The quantitative estimate of drug-likeness (QED) is 0.552. The van der Waals surface area contributed by atoms with Gasteiger partial charge in [0.25, 0.3) is 0 Å². The average molecular weight is 169 g/mol. The normalized spacial score (nSPS) is 10.7. The molecule has 0 radical (unpaired) electrons. The van der Waals surface area contributed by atoms with Crippen molar-refractivity contribution in [2.75, 3.05) is 0 Å². The molecule has 56 valence electrons. The van der Waals surface area contributed by atoms with Crippen LogP contribution in [0.1, 0.15) is 0 Å². The molecule has 0 bridgehead atoms. The Hall–Kier alpha value is -1.16. The first-order valence-electron chi connectivity index (χ1n) is 3.07. The molecule has 0 N–H and O–H groups in total. The second-order valence-corrected chi connectivity index (χ2v) is 2.54. The van der Waals surface area contributed by atoms with E-state index in [1.807, 2.05) is 11.6 Å². The van der Waals surface area contributed by atoms with Crippen molar-refractivity contribution in [3.63, 3.8) is 0 Å². The molecule has 2 aromatic rings. The maximum atomic E-state index is 5.56. The Labute approximate surface area is 67.9 Å². The third-order valence-corrected chi connectivity index (χ3v) is 1.64. The second kappa shape index (κ2) is 2.17. The predicted octanol–water partition coefficient (Wildman–Crippen LogP) is 1.02. The molecule has 5 heteroatoms. The van der Waals surface area contributed by atoms with Gasteiger partial charge < -0.3 is 4.57 Å². The topological polar surface area (TPSA) is 43.6 Å². The van der Waals surface area contributed by atoms with E-state index in [9.17, 15) is 0 Å². The molecule has 0 aliphatic rings. The number of fused-ring (bicyclic) bond motifs is 1. The van der Waals surface area contributed by atoms with Crippen LogP contribution < -0.4 is 0 Å². The number of imidazole rings is 1. The summed E-state index contributed by atoms with van der Waals surface area (Å²) in [6.07, 6.45) is 3.33. The van der Waals surface area contributed by atoms with Gasteiger partial charge in [0, 0.05) is 7.05 Å². The van der Waals surface area contributed by atoms with E-state index in [0.717, 1.165) is 5.52 Å². The maximum absolute atomic E-state index is 5.56. The smallest absolute Gasteiger partial charge is 0.224 e. The Morgan fingerprint density at radius 1 is 1.45 bits per heavy atom. The number of nitrogens with zero attached hydrogens (tertiary/aromatic N) is 4. The highest BCUT2D eigenvalue weighted by molar-refractivity contribution is 6.28. The van der Waals surface area contributed by atoms with Gasteiger partial charge in [-0.2, -0.15) is 4.98 Å². The molecular formula is C6H5ClN4. The van der Waals surface area contributed by atoms with Crippen LogP contribution in [0.4, 0.5) is 0 Å². The first kappa shape index (κ1) is 6.54. The standard InChI is InChI=1S/C6H5ClN4/c1-11-3-9-5-4(11)2-8-6(7)10-5/h2-3H,1H3. The monoisotopic (exact) mass is 168 g/mol. The minimum Gasteiger partial charge on any atom is -0.331 e. The molecule has 0 spiro atoms. The summed E-state index contributed by atoms with van der Waals surface area (Å²) in [5.41, 5.74) is 1.52. The molecule has 0 saturated heterocycles. The van der Waals surface area contributed by atoms with Crippen molar-refractivity contribution in [1.29, 1.82) is 0 Å². The van der Waals surface area contributed by atoms with Crippen LogP contribution in [0.25, 0.3) is 11.2 Å². The maximum Gasteiger partial charge on any atom is 0.224 e. The molecule has 0 atom stereocenters. The summed E-state index contributed by atoms with van der Waals surface area (Å²) in [6.45, 7) is 0. The Kier molecular flexibility index (Phi) is 1.29. The first-order chi connectivity index (χ1) is 5.27. The van der Waals surface area contributed by atoms with E-state index >= 15 is 0 Å². The summed E-state index contributed by atoms with van der Waals surface area (Å²) in [5.74, 6) is 0. The predicted molar refractivity (Wildman–Crippen MR) is 41.3 cm³/mol. The van der Waals surface area contributed by atoms with Crippen molar-refractivity contribution < 1.29 is 0 Å². The van der Waals surface area contributed by atoms with Crippen LogP contribution in [0, 0.1) is 0 Å². The fourth-order valence-electron chi connectivity index (χ4n) is 0.893. The van der Waals surface area contributed by atoms with Crippen LogP contribution in [0.2, 0.25) is 5.28 Å². The van der Waals surface area contributed by atoms with E-state index in [0.29, 0.717) is 5.65 Å². The molecule has 2 rings (SSSR count). The molecule has 0 aliphatic heterocycles. The van der Waals surface area contributed by atoms with E-state index in [-0.39, 0.29) is 5.28 Å². The zero-order valence-corrected chi connectivity index (χ0v) is 6.58. The Morgan fingerprint density at radius 2 is 2.27 bits per heavy atom. The molecule has 0 aromatic carbocycles. The zero-order valence-electron chi connectivity index (χ0n) is 5.82. The van der Waals surface area contributed by atoms with Crippen LogP contribution in [0.3, 0.4) is 0 Å². The number of hydrogen-bond donors (Lipinski definition) is 0. The van der Waals surface area contributed by atoms with Gasteiger partial charge in [0.05, 0.1) is 12.5 Å². The van der Waals surface area contributed by atoms with Crippen LogP contribution in [0.5, 0.6) is 0 Å². The van der Waals surface area contributed by atoms with E-state index in [1.54, 1.807) is 12.5 Å². The number of rotatable bonds is 0.